The topological polar surface area (TPSA) is 88.4 Å². The van der Waals surface area contributed by atoms with E-state index in [0.717, 1.165) is 24.3 Å². The summed E-state index contributed by atoms with van der Waals surface area (Å²) < 4.78 is 28.5. The van der Waals surface area contributed by atoms with Crippen LogP contribution in [0.2, 0.25) is 0 Å². The Hall–Kier alpha value is -0.990. The van der Waals surface area contributed by atoms with E-state index in [4.69, 9.17) is 5.11 Å². The van der Waals surface area contributed by atoms with Crippen molar-refractivity contribution in [1.82, 2.24) is 9.29 Å². The van der Waals surface area contributed by atoms with E-state index in [1.807, 2.05) is 11.8 Å². The van der Waals surface area contributed by atoms with Crippen LogP contribution in [-0.4, -0.2) is 42.1 Å². The lowest BCUT2D eigenvalue weighted by molar-refractivity contribution is 0.0685. The van der Waals surface area contributed by atoms with E-state index in [1.165, 1.54) is 16.8 Å². The fourth-order valence-corrected chi connectivity index (χ4v) is 4.69. The van der Waals surface area contributed by atoms with Crippen molar-refractivity contribution >= 4 is 27.8 Å². The average molecular weight is 332 g/mol. The molecule has 1 aliphatic rings. The molecule has 2 heterocycles. The maximum absolute atomic E-state index is 12.3. The van der Waals surface area contributed by atoms with Crippen molar-refractivity contribution in [3.05, 3.63) is 18.0 Å². The van der Waals surface area contributed by atoms with E-state index in [9.17, 15) is 13.2 Å². The minimum Gasteiger partial charge on any atom is -0.477 e. The number of aryl methyl sites for hydroxylation is 1. The number of aromatic carboxylic acids is 1. The predicted octanol–water partition coefficient (Wildman–Crippen LogP) is 1.63. The third-order valence-corrected chi connectivity index (χ3v) is 6.08. The highest BCUT2D eigenvalue weighted by atomic mass is 32.2. The van der Waals surface area contributed by atoms with Gasteiger partial charge in [0, 0.05) is 19.3 Å². The van der Waals surface area contributed by atoms with E-state index in [1.54, 1.807) is 6.92 Å². The van der Waals surface area contributed by atoms with Crippen LogP contribution in [0.1, 0.15) is 30.3 Å². The molecule has 0 atom stereocenters. The van der Waals surface area contributed by atoms with Crippen molar-refractivity contribution in [3.63, 3.8) is 0 Å². The normalized spacial score (nSPS) is 17.0. The molecule has 2 rings (SSSR count). The molecule has 118 valence electrons. The molecule has 0 spiro atoms. The summed E-state index contributed by atoms with van der Waals surface area (Å²) in [5, 5.41) is 9.07. The lowest BCUT2D eigenvalue weighted by Crippen LogP contribution is -2.30. The van der Waals surface area contributed by atoms with Gasteiger partial charge in [-0.25, -0.2) is 17.9 Å². The molecule has 1 aliphatic heterocycles. The van der Waals surface area contributed by atoms with Gasteiger partial charge in [-0.1, -0.05) is 0 Å². The Morgan fingerprint density at radius 3 is 2.67 bits per heavy atom. The predicted molar refractivity (Wildman–Crippen MR) is 82.3 cm³/mol. The van der Waals surface area contributed by atoms with Crippen molar-refractivity contribution in [3.8, 4) is 0 Å². The second-order valence-corrected chi connectivity index (χ2v) is 8.05. The van der Waals surface area contributed by atoms with Crippen molar-refractivity contribution < 1.29 is 18.3 Å². The third kappa shape index (κ3) is 4.02. The van der Waals surface area contributed by atoms with Crippen molar-refractivity contribution in [2.45, 2.75) is 31.2 Å². The molecule has 0 aromatic carbocycles. The van der Waals surface area contributed by atoms with Gasteiger partial charge in [0.05, 0.1) is 0 Å². The molecule has 8 heteroatoms. The largest absolute Gasteiger partial charge is 0.477 e. The Bertz CT molecular complexity index is 604. The minimum absolute atomic E-state index is 0.00746. The zero-order valence-electron chi connectivity index (χ0n) is 11.9. The molecular formula is C13H20N2O4S2. The summed E-state index contributed by atoms with van der Waals surface area (Å²) >= 11 is 1.89. The second-order valence-electron chi connectivity index (χ2n) is 5.06. The summed E-state index contributed by atoms with van der Waals surface area (Å²) in [5.74, 6) is 1.39. The Balaban J connectivity index is 2.09. The van der Waals surface area contributed by atoms with Gasteiger partial charge in [0.2, 0.25) is 10.0 Å². The van der Waals surface area contributed by atoms with Gasteiger partial charge in [0.15, 0.2) is 0 Å². The first-order valence-electron chi connectivity index (χ1n) is 6.95. The van der Waals surface area contributed by atoms with Crippen LogP contribution < -0.4 is 4.72 Å². The molecule has 0 bridgehead atoms. The van der Waals surface area contributed by atoms with E-state index in [-0.39, 0.29) is 10.6 Å². The summed E-state index contributed by atoms with van der Waals surface area (Å²) in [7, 11) is -3.65. The van der Waals surface area contributed by atoms with E-state index in [0.29, 0.717) is 19.0 Å². The SMILES string of the molecule is CCn1cc(S(=O)(=O)NCC2CCSCC2)cc1C(=O)O. The summed E-state index contributed by atoms with van der Waals surface area (Å²) in [5.41, 5.74) is -0.00746. The van der Waals surface area contributed by atoms with Crippen LogP contribution in [-0.2, 0) is 16.6 Å². The molecule has 1 aromatic rings. The zero-order chi connectivity index (χ0) is 15.5. The highest BCUT2D eigenvalue weighted by Gasteiger charge is 2.22. The van der Waals surface area contributed by atoms with E-state index >= 15 is 0 Å². The van der Waals surface area contributed by atoms with Crippen molar-refractivity contribution in [2.75, 3.05) is 18.1 Å². The Morgan fingerprint density at radius 1 is 1.48 bits per heavy atom. The fraction of sp³-hybridized carbons (Fsp3) is 0.615. The third-order valence-electron chi connectivity index (χ3n) is 3.64. The number of hydrogen-bond acceptors (Lipinski definition) is 4. The summed E-state index contributed by atoms with van der Waals surface area (Å²) in [4.78, 5) is 11.1. The van der Waals surface area contributed by atoms with Gasteiger partial charge in [-0.3, -0.25) is 0 Å². The van der Waals surface area contributed by atoms with Gasteiger partial charge in [0.1, 0.15) is 10.6 Å². The number of nitrogens with zero attached hydrogens (tertiary/aromatic N) is 1. The van der Waals surface area contributed by atoms with Gasteiger partial charge in [0.25, 0.3) is 0 Å². The van der Waals surface area contributed by atoms with E-state index < -0.39 is 16.0 Å². The standard InChI is InChI=1S/C13H20N2O4S2/c1-2-15-9-11(7-12(15)13(16)17)21(18,19)14-8-10-3-5-20-6-4-10/h7,9-10,14H,2-6,8H2,1H3,(H,16,17). The molecule has 0 saturated carbocycles. The number of aromatic nitrogens is 1. The first-order valence-corrected chi connectivity index (χ1v) is 9.58. The molecule has 1 aromatic heterocycles. The number of carbonyl (C=O) groups is 1. The number of carboxylic acid groups (broad SMARTS) is 1. The first kappa shape index (κ1) is 16.4. The Kier molecular flexibility index (Phi) is 5.34. The quantitative estimate of drug-likeness (QED) is 0.826. The molecule has 2 N–H and O–H groups in total. The van der Waals surface area contributed by atoms with Crippen LogP contribution in [0.25, 0.3) is 0 Å². The van der Waals surface area contributed by atoms with Gasteiger partial charge < -0.3 is 9.67 Å². The lowest BCUT2D eigenvalue weighted by Gasteiger charge is -2.21. The smallest absolute Gasteiger partial charge is 0.352 e. The average Bonchev–Trinajstić information content (AvgIpc) is 2.92. The molecule has 21 heavy (non-hydrogen) atoms. The number of carboxylic acids is 1. The fourth-order valence-electron chi connectivity index (χ4n) is 2.33. The Labute approximate surface area is 129 Å². The highest BCUT2D eigenvalue weighted by Crippen LogP contribution is 2.22. The second kappa shape index (κ2) is 6.85. The van der Waals surface area contributed by atoms with Crippen LogP contribution in [0.5, 0.6) is 0 Å². The maximum atomic E-state index is 12.3. The van der Waals surface area contributed by atoms with Crippen molar-refractivity contribution in [1.29, 1.82) is 0 Å². The van der Waals surface area contributed by atoms with Crippen LogP contribution >= 0.6 is 11.8 Å². The first-order chi connectivity index (χ1) is 9.94. The molecule has 0 aliphatic carbocycles. The van der Waals surface area contributed by atoms with Gasteiger partial charge in [-0.2, -0.15) is 11.8 Å². The summed E-state index contributed by atoms with van der Waals surface area (Å²) in [6, 6.07) is 1.21. The summed E-state index contributed by atoms with van der Waals surface area (Å²) in [6.45, 7) is 2.61. The number of hydrogen-bond donors (Lipinski definition) is 2. The minimum atomic E-state index is -3.65. The molecule has 1 saturated heterocycles. The molecule has 0 amide bonds. The molecular weight excluding hydrogens is 312 g/mol. The van der Waals surface area contributed by atoms with Crippen LogP contribution in [0.4, 0.5) is 0 Å². The number of sulfonamides is 1. The van der Waals surface area contributed by atoms with E-state index in [2.05, 4.69) is 4.72 Å². The number of rotatable bonds is 6. The molecule has 6 nitrogen and oxygen atoms in total. The Morgan fingerprint density at radius 2 is 2.14 bits per heavy atom. The van der Waals surface area contributed by atoms with Gasteiger partial charge in [-0.05, 0) is 43.3 Å². The monoisotopic (exact) mass is 332 g/mol. The molecule has 0 unspecified atom stereocenters. The van der Waals surface area contributed by atoms with Crippen LogP contribution in [0.15, 0.2) is 17.2 Å². The zero-order valence-corrected chi connectivity index (χ0v) is 13.5. The van der Waals surface area contributed by atoms with Crippen molar-refractivity contribution in [2.24, 2.45) is 5.92 Å². The van der Waals surface area contributed by atoms with Gasteiger partial charge >= 0.3 is 5.97 Å². The van der Waals surface area contributed by atoms with Crippen LogP contribution in [0.3, 0.4) is 0 Å². The maximum Gasteiger partial charge on any atom is 0.352 e. The number of thioether (sulfide) groups is 1. The molecule has 1 fully saturated rings. The van der Waals surface area contributed by atoms with Crippen LogP contribution in [0, 0.1) is 5.92 Å². The lowest BCUT2D eigenvalue weighted by atomic mass is 10.0. The van der Waals surface area contributed by atoms with Gasteiger partial charge in [-0.15, -0.1) is 0 Å². The number of nitrogens with one attached hydrogen (secondary N) is 1. The molecule has 0 radical (unpaired) electrons. The summed E-state index contributed by atoms with van der Waals surface area (Å²) in [6.07, 6.45) is 3.41. The highest BCUT2D eigenvalue weighted by molar-refractivity contribution is 7.99.